The Bertz CT molecular complexity index is 1190. The van der Waals surface area contributed by atoms with E-state index in [0.29, 0.717) is 41.7 Å². The Balaban J connectivity index is 1.68. The number of rotatable bonds is 11. The molecule has 0 saturated heterocycles. The number of aromatic nitrogens is 2. The minimum atomic E-state index is -1.02. The van der Waals surface area contributed by atoms with Gasteiger partial charge in [0.25, 0.3) is 0 Å². The molecular weight excluding hydrogens is 448 g/mol. The monoisotopic (exact) mass is 482 g/mol. The van der Waals surface area contributed by atoms with Crippen LogP contribution < -0.4 is 9.47 Å². The number of ether oxygens (including phenoxy) is 3. The minimum absolute atomic E-state index is 0.142. The highest BCUT2D eigenvalue weighted by Gasteiger charge is 2.28. The minimum Gasteiger partial charge on any atom is -0.496 e. The maximum atomic E-state index is 11.9. The molecule has 1 aliphatic rings. The van der Waals surface area contributed by atoms with Crippen molar-refractivity contribution >= 4 is 11.5 Å². The van der Waals surface area contributed by atoms with Gasteiger partial charge in [-0.25, -0.2) is 9.31 Å². The second kappa shape index (κ2) is 10.3. The number of nitrogens with zero attached hydrogens (tertiary/aromatic N) is 2. The fourth-order valence-corrected chi connectivity index (χ4v) is 4.35. The van der Waals surface area contributed by atoms with E-state index in [1.807, 2.05) is 32.9 Å². The number of aromatic carboxylic acids is 1. The highest BCUT2D eigenvalue weighted by molar-refractivity contribution is 5.87. The van der Waals surface area contributed by atoms with Crippen LogP contribution in [0.3, 0.4) is 0 Å². The predicted molar refractivity (Wildman–Crippen MR) is 132 cm³/mol. The van der Waals surface area contributed by atoms with Gasteiger partial charge >= 0.3 is 5.97 Å². The number of hydrogen-bond acceptors (Lipinski definition) is 6. The van der Waals surface area contributed by atoms with Crippen molar-refractivity contribution in [3.05, 3.63) is 58.4 Å². The quantitative estimate of drug-likeness (QED) is 0.413. The Hall–Kier alpha value is -3.10. The van der Waals surface area contributed by atoms with E-state index in [9.17, 15) is 15.0 Å². The van der Waals surface area contributed by atoms with E-state index in [2.05, 4.69) is 5.10 Å². The average Bonchev–Trinajstić information content (AvgIpc) is 3.60. The lowest BCUT2D eigenvalue weighted by molar-refractivity contribution is -0.0477. The van der Waals surface area contributed by atoms with Crippen molar-refractivity contribution < 1.29 is 29.2 Å². The molecule has 0 aliphatic heterocycles. The van der Waals surface area contributed by atoms with Gasteiger partial charge in [0.2, 0.25) is 0 Å². The Kier molecular flexibility index (Phi) is 7.33. The first-order chi connectivity index (χ1) is 16.7. The Morgan fingerprint density at radius 2 is 1.77 bits per heavy atom. The van der Waals surface area contributed by atoms with Crippen LogP contribution in [-0.2, 0) is 11.2 Å². The number of hydrogen-bond donors (Lipinski definition) is 2. The molecule has 2 heterocycles. The maximum absolute atomic E-state index is 11.9. The van der Waals surface area contributed by atoms with Crippen molar-refractivity contribution in [1.29, 1.82) is 0 Å². The van der Waals surface area contributed by atoms with E-state index in [1.54, 1.807) is 32.4 Å². The average molecular weight is 483 g/mol. The highest BCUT2D eigenvalue weighted by Crippen LogP contribution is 2.41. The summed E-state index contributed by atoms with van der Waals surface area (Å²) in [6, 6.07) is 9.20. The first-order valence-electron chi connectivity index (χ1n) is 12.0. The molecule has 4 rings (SSSR count). The summed E-state index contributed by atoms with van der Waals surface area (Å²) in [5.74, 6) is 0.915. The molecule has 1 aromatic carbocycles. The zero-order chi connectivity index (χ0) is 25.3. The standard InChI is InChI=1S/C27H34N2O6/c1-15(2)14-35-25(26(30)19-10-23(33-4)16(3)24(11-19)34-5)13-20-12-21-8-18(17-6-7-17)9-22(27(31)32)29(21)28-20/h8-12,15,17,25-26,30H,6-7,13-14H2,1-5H3,(H,31,32). The second-order valence-corrected chi connectivity index (χ2v) is 9.69. The molecule has 1 saturated carbocycles. The van der Waals surface area contributed by atoms with E-state index in [1.165, 1.54) is 4.52 Å². The molecule has 35 heavy (non-hydrogen) atoms. The van der Waals surface area contributed by atoms with Crippen molar-refractivity contribution in [2.45, 2.75) is 58.2 Å². The van der Waals surface area contributed by atoms with Crippen molar-refractivity contribution in [1.82, 2.24) is 9.61 Å². The first kappa shape index (κ1) is 25.0. The molecule has 188 valence electrons. The van der Waals surface area contributed by atoms with Crippen LogP contribution in [0.1, 0.15) is 71.6 Å². The lowest BCUT2D eigenvalue weighted by Crippen LogP contribution is -2.27. The van der Waals surface area contributed by atoms with Gasteiger partial charge in [0.1, 0.15) is 17.6 Å². The van der Waals surface area contributed by atoms with Gasteiger partial charge < -0.3 is 24.4 Å². The third-order valence-corrected chi connectivity index (χ3v) is 6.42. The lowest BCUT2D eigenvalue weighted by atomic mass is 9.98. The number of carboxylic acid groups (broad SMARTS) is 1. The van der Waals surface area contributed by atoms with E-state index < -0.39 is 18.2 Å². The number of methoxy groups -OCH3 is 2. The second-order valence-electron chi connectivity index (χ2n) is 9.69. The van der Waals surface area contributed by atoms with Gasteiger partial charge in [-0.3, -0.25) is 0 Å². The summed E-state index contributed by atoms with van der Waals surface area (Å²) in [4.78, 5) is 11.9. The van der Waals surface area contributed by atoms with Crippen LogP contribution in [0.15, 0.2) is 30.3 Å². The first-order valence-corrected chi connectivity index (χ1v) is 12.0. The predicted octanol–water partition coefficient (Wildman–Crippen LogP) is 4.55. The molecule has 3 aromatic rings. The molecule has 1 aliphatic carbocycles. The third kappa shape index (κ3) is 5.44. The molecule has 8 nitrogen and oxygen atoms in total. The lowest BCUT2D eigenvalue weighted by Gasteiger charge is -2.25. The summed E-state index contributed by atoms with van der Waals surface area (Å²) in [5.41, 5.74) is 4.02. The van der Waals surface area contributed by atoms with Crippen LogP contribution in [0.25, 0.3) is 5.52 Å². The van der Waals surface area contributed by atoms with Crippen LogP contribution >= 0.6 is 0 Å². The van der Waals surface area contributed by atoms with Crippen molar-refractivity contribution in [3.8, 4) is 11.5 Å². The summed E-state index contributed by atoms with van der Waals surface area (Å²) in [6.45, 7) is 6.45. The van der Waals surface area contributed by atoms with Crippen LogP contribution in [0.2, 0.25) is 0 Å². The van der Waals surface area contributed by atoms with Gasteiger partial charge in [-0.2, -0.15) is 5.10 Å². The fraction of sp³-hybridized carbons (Fsp3) is 0.481. The number of benzene rings is 1. The number of aliphatic hydroxyl groups excluding tert-OH is 1. The molecule has 2 N–H and O–H groups in total. The number of aliphatic hydroxyl groups is 1. The Morgan fingerprint density at radius 3 is 2.31 bits per heavy atom. The maximum Gasteiger partial charge on any atom is 0.354 e. The van der Waals surface area contributed by atoms with Crippen LogP contribution in [0.4, 0.5) is 0 Å². The molecule has 0 radical (unpaired) electrons. The molecule has 0 bridgehead atoms. The van der Waals surface area contributed by atoms with Gasteiger partial charge in [-0.15, -0.1) is 0 Å². The molecule has 0 spiro atoms. The topological polar surface area (TPSA) is 103 Å². The van der Waals surface area contributed by atoms with Crippen molar-refractivity contribution in [2.75, 3.05) is 20.8 Å². The van der Waals surface area contributed by atoms with Crippen molar-refractivity contribution in [2.24, 2.45) is 5.92 Å². The molecule has 1 fully saturated rings. The summed E-state index contributed by atoms with van der Waals surface area (Å²) in [5, 5.41) is 25.7. The van der Waals surface area contributed by atoms with E-state index in [4.69, 9.17) is 14.2 Å². The van der Waals surface area contributed by atoms with Crippen LogP contribution in [0, 0.1) is 12.8 Å². The van der Waals surface area contributed by atoms with Gasteiger partial charge in [-0.05, 0) is 73.1 Å². The molecule has 0 amide bonds. The number of pyridine rings is 1. The van der Waals surface area contributed by atoms with Gasteiger partial charge in [0.05, 0.1) is 31.5 Å². The van der Waals surface area contributed by atoms with Crippen molar-refractivity contribution in [3.63, 3.8) is 0 Å². The van der Waals surface area contributed by atoms with E-state index in [-0.39, 0.29) is 11.6 Å². The summed E-state index contributed by atoms with van der Waals surface area (Å²) in [6.07, 6.45) is 0.901. The molecule has 2 atom stereocenters. The van der Waals surface area contributed by atoms with Gasteiger partial charge in [0, 0.05) is 18.6 Å². The van der Waals surface area contributed by atoms with E-state index >= 15 is 0 Å². The Morgan fingerprint density at radius 1 is 1.11 bits per heavy atom. The number of carbonyl (C=O) groups is 1. The molecule has 8 heteroatoms. The fourth-order valence-electron chi connectivity index (χ4n) is 4.35. The summed E-state index contributed by atoms with van der Waals surface area (Å²) in [7, 11) is 3.16. The van der Waals surface area contributed by atoms with Gasteiger partial charge in [0.15, 0.2) is 5.69 Å². The SMILES string of the molecule is COc1cc(C(O)C(Cc2cc3cc(C4CC4)cc(C(=O)O)n3n2)OCC(C)C)cc(OC)c1C. The normalized spacial score (nSPS) is 15.4. The smallest absolute Gasteiger partial charge is 0.354 e. The zero-order valence-electron chi connectivity index (χ0n) is 20.9. The largest absolute Gasteiger partial charge is 0.496 e. The molecule has 2 unspecified atom stereocenters. The van der Waals surface area contributed by atoms with Gasteiger partial charge in [-0.1, -0.05) is 13.8 Å². The summed E-state index contributed by atoms with van der Waals surface area (Å²) >= 11 is 0. The number of carboxylic acids is 1. The third-order valence-electron chi connectivity index (χ3n) is 6.42. The molecular formula is C27H34N2O6. The van der Waals surface area contributed by atoms with Crippen LogP contribution in [0.5, 0.6) is 11.5 Å². The summed E-state index contributed by atoms with van der Waals surface area (Å²) < 4.78 is 18.6. The van der Waals surface area contributed by atoms with E-state index in [0.717, 1.165) is 29.5 Å². The number of fused-ring (bicyclic) bond motifs is 1. The highest BCUT2D eigenvalue weighted by atomic mass is 16.5. The molecule has 2 aromatic heterocycles. The zero-order valence-corrected chi connectivity index (χ0v) is 20.9. The van der Waals surface area contributed by atoms with Crippen LogP contribution in [-0.4, -0.2) is 52.7 Å². The Labute approximate surface area is 205 Å².